The normalized spacial score (nSPS) is 17.1. The number of carbonyl (C=O) groups is 2. The summed E-state index contributed by atoms with van der Waals surface area (Å²) in [6, 6.07) is 15.3. The number of Topliss-reactive ketones (excluding diaryl/α,β-unsaturated/α-hetero) is 1. The Bertz CT molecular complexity index is 1560. The summed E-state index contributed by atoms with van der Waals surface area (Å²) in [4.78, 5) is 32.6. The highest BCUT2D eigenvalue weighted by molar-refractivity contribution is 7.22. The molecule has 5 rings (SSSR count). The number of aryl methyl sites for hydroxylation is 2. The number of aromatic nitrogens is 1. The largest absolute Gasteiger partial charge is 0.507 e. The number of ether oxygens (including phenoxy) is 1. The maximum Gasteiger partial charge on any atom is 0.301 e. The second kappa shape index (κ2) is 9.78. The van der Waals surface area contributed by atoms with E-state index in [-0.39, 0.29) is 22.0 Å². The Hall–Kier alpha value is -4.04. The molecule has 1 unspecified atom stereocenters. The minimum absolute atomic E-state index is 0.0957. The number of carbonyl (C=O) groups excluding carboxylic acids is 2. The lowest BCUT2D eigenvalue weighted by Gasteiger charge is -2.23. The first kappa shape index (κ1) is 24.6. The molecule has 37 heavy (non-hydrogen) atoms. The highest BCUT2D eigenvalue weighted by Gasteiger charge is 2.49. The highest BCUT2D eigenvalue weighted by Crippen LogP contribution is 2.45. The predicted molar refractivity (Wildman–Crippen MR) is 143 cm³/mol. The summed E-state index contributed by atoms with van der Waals surface area (Å²) in [5, 5.41) is 11.5. The molecule has 1 fully saturated rings. The number of thiazole rings is 1. The van der Waals surface area contributed by atoms with Gasteiger partial charge in [0.05, 0.1) is 22.4 Å². The minimum atomic E-state index is -1.18. The van der Waals surface area contributed by atoms with Gasteiger partial charge in [-0.2, -0.15) is 0 Å². The van der Waals surface area contributed by atoms with Crippen molar-refractivity contribution >= 4 is 44.1 Å². The molecule has 2 heterocycles. The third kappa shape index (κ3) is 4.38. The second-order valence-electron chi connectivity index (χ2n) is 8.99. The molecule has 1 atom stereocenters. The van der Waals surface area contributed by atoms with Crippen LogP contribution < -0.4 is 9.64 Å². The molecular weight excluding hydrogens is 491 g/mol. The Morgan fingerprint density at radius 2 is 1.84 bits per heavy atom. The van der Waals surface area contributed by atoms with E-state index in [1.807, 2.05) is 32.9 Å². The molecule has 6 nitrogen and oxygen atoms in total. The molecule has 0 aliphatic carbocycles. The number of nitrogens with zero attached hydrogens (tertiary/aromatic N) is 2. The van der Waals surface area contributed by atoms with Gasteiger partial charge in [-0.15, -0.1) is 0 Å². The van der Waals surface area contributed by atoms with Crippen LogP contribution in [0.5, 0.6) is 5.75 Å². The zero-order valence-electron chi connectivity index (χ0n) is 20.6. The number of fused-ring (bicyclic) bond motifs is 1. The molecule has 1 amide bonds. The molecule has 0 spiro atoms. The van der Waals surface area contributed by atoms with E-state index in [1.165, 1.54) is 34.4 Å². The van der Waals surface area contributed by atoms with Crippen LogP contribution in [0, 0.1) is 19.7 Å². The minimum Gasteiger partial charge on any atom is -0.507 e. The number of hydrogen-bond donors (Lipinski definition) is 1. The van der Waals surface area contributed by atoms with Crippen molar-refractivity contribution in [1.29, 1.82) is 0 Å². The average molecular weight is 517 g/mol. The van der Waals surface area contributed by atoms with Crippen molar-refractivity contribution in [2.45, 2.75) is 33.2 Å². The first-order valence-corrected chi connectivity index (χ1v) is 12.8. The monoisotopic (exact) mass is 516 g/mol. The van der Waals surface area contributed by atoms with Gasteiger partial charge in [-0.3, -0.25) is 14.5 Å². The molecule has 1 aliphatic heterocycles. The average Bonchev–Trinajstić information content (AvgIpc) is 3.41. The molecule has 1 N–H and O–H groups in total. The van der Waals surface area contributed by atoms with Gasteiger partial charge >= 0.3 is 5.91 Å². The maximum atomic E-state index is 15.1. The second-order valence-corrected chi connectivity index (χ2v) is 10.00. The molecule has 8 heteroatoms. The van der Waals surface area contributed by atoms with Gasteiger partial charge in [-0.25, -0.2) is 9.37 Å². The number of aliphatic hydroxyl groups is 1. The molecule has 0 bridgehead atoms. The Kier molecular flexibility index (Phi) is 6.52. The lowest BCUT2D eigenvalue weighted by Crippen LogP contribution is -2.29. The molecule has 1 aliphatic rings. The predicted octanol–water partition coefficient (Wildman–Crippen LogP) is 6.47. The van der Waals surface area contributed by atoms with Gasteiger partial charge in [0, 0.05) is 11.1 Å². The fourth-order valence-corrected chi connectivity index (χ4v) is 5.74. The third-order valence-corrected chi connectivity index (χ3v) is 7.27. The summed E-state index contributed by atoms with van der Waals surface area (Å²) >= 11 is 1.25. The van der Waals surface area contributed by atoms with Crippen LogP contribution in [0.2, 0.25) is 0 Å². The van der Waals surface area contributed by atoms with Crippen molar-refractivity contribution in [3.05, 3.63) is 94.3 Å². The van der Waals surface area contributed by atoms with Crippen molar-refractivity contribution in [3.8, 4) is 5.75 Å². The summed E-state index contributed by atoms with van der Waals surface area (Å²) in [5.74, 6) is -2.13. The van der Waals surface area contributed by atoms with Crippen LogP contribution >= 0.6 is 11.3 Å². The first-order valence-electron chi connectivity index (χ1n) is 12.0. The van der Waals surface area contributed by atoms with E-state index in [9.17, 15) is 14.7 Å². The number of hydrogen-bond acceptors (Lipinski definition) is 6. The van der Waals surface area contributed by atoms with Crippen molar-refractivity contribution < 1.29 is 23.8 Å². The summed E-state index contributed by atoms with van der Waals surface area (Å²) in [5.41, 5.74) is 2.91. The van der Waals surface area contributed by atoms with Gasteiger partial charge in [-0.1, -0.05) is 42.5 Å². The van der Waals surface area contributed by atoms with Crippen molar-refractivity contribution in [2.75, 3.05) is 11.5 Å². The van der Waals surface area contributed by atoms with Gasteiger partial charge in [0.15, 0.2) is 5.13 Å². The SMILES string of the molecule is CCCOc1ccc(C(O)=C2C(=O)C(=O)N(c3nc4c(C)cc(C)cc4s3)C2c2ccccc2F)cc1. The van der Waals surface area contributed by atoms with Crippen molar-refractivity contribution in [1.82, 2.24) is 4.98 Å². The summed E-state index contributed by atoms with van der Waals surface area (Å²) in [6.45, 7) is 6.44. The topological polar surface area (TPSA) is 79.7 Å². The lowest BCUT2D eigenvalue weighted by molar-refractivity contribution is -0.132. The number of halogens is 1. The molecule has 4 aromatic rings. The molecule has 1 aromatic heterocycles. The fraction of sp³-hybridized carbons (Fsp3) is 0.207. The Labute approximate surface area is 217 Å². The Morgan fingerprint density at radius 3 is 2.54 bits per heavy atom. The Morgan fingerprint density at radius 1 is 1.11 bits per heavy atom. The van der Waals surface area contributed by atoms with Crippen LogP contribution in [-0.4, -0.2) is 28.4 Å². The smallest absolute Gasteiger partial charge is 0.301 e. The van der Waals surface area contributed by atoms with E-state index in [4.69, 9.17) is 4.74 Å². The summed E-state index contributed by atoms with van der Waals surface area (Å²) in [7, 11) is 0. The van der Waals surface area contributed by atoms with Crippen molar-refractivity contribution in [3.63, 3.8) is 0 Å². The van der Waals surface area contributed by atoms with E-state index in [2.05, 4.69) is 4.98 Å². The summed E-state index contributed by atoms with van der Waals surface area (Å²) < 4.78 is 21.6. The van der Waals surface area contributed by atoms with Crippen LogP contribution in [0.15, 0.2) is 66.2 Å². The number of aliphatic hydroxyl groups excluding tert-OH is 1. The number of anilines is 1. The molecule has 0 radical (unpaired) electrons. The fourth-order valence-electron chi connectivity index (χ4n) is 4.57. The van der Waals surface area contributed by atoms with Crippen LogP contribution in [0.3, 0.4) is 0 Å². The van der Waals surface area contributed by atoms with Crippen LogP contribution in [0.1, 0.15) is 41.6 Å². The summed E-state index contributed by atoms with van der Waals surface area (Å²) in [6.07, 6.45) is 0.846. The zero-order valence-corrected chi connectivity index (χ0v) is 21.4. The van der Waals surface area contributed by atoms with E-state index < -0.39 is 23.5 Å². The zero-order chi connectivity index (χ0) is 26.3. The van der Waals surface area contributed by atoms with Gasteiger partial charge in [-0.05, 0) is 67.8 Å². The molecular formula is C29H25FN2O4S. The highest BCUT2D eigenvalue weighted by atomic mass is 32.1. The van der Waals surface area contributed by atoms with Gasteiger partial charge in [0.25, 0.3) is 5.78 Å². The van der Waals surface area contributed by atoms with E-state index >= 15 is 4.39 Å². The van der Waals surface area contributed by atoms with E-state index in [1.54, 1.807) is 30.3 Å². The number of ketones is 1. The number of amides is 1. The maximum absolute atomic E-state index is 15.1. The standard InChI is InChI=1S/C29H25FN2O4S/c1-4-13-36-19-11-9-18(10-12-19)26(33)23-25(20-7-5-6-8-21(20)30)32(28(35)27(23)34)29-31-24-17(3)14-16(2)15-22(24)37-29/h5-12,14-15,25,33H,4,13H2,1-3H3. The van der Waals surface area contributed by atoms with Crippen LogP contribution in [-0.2, 0) is 9.59 Å². The number of rotatable bonds is 6. The lowest BCUT2D eigenvalue weighted by atomic mass is 9.95. The molecule has 3 aromatic carbocycles. The van der Waals surface area contributed by atoms with Crippen LogP contribution in [0.4, 0.5) is 9.52 Å². The van der Waals surface area contributed by atoms with Gasteiger partial charge < -0.3 is 9.84 Å². The molecule has 188 valence electrons. The molecule has 0 saturated carbocycles. The van der Waals surface area contributed by atoms with Crippen molar-refractivity contribution in [2.24, 2.45) is 0 Å². The first-order chi connectivity index (χ1) is 17.8. The van der Waals surface area contributed by atoms with Crippen LogP contribution in [0.25, 0.3) is 16.0 Å². The molecule has 1 saturated heterocycles. The van der Waals surface area contributed by atoms with E-state index in [0.29, 0.717) is 23.4 Å². The van der Waals surface area contributed by atoms with E-state index in [0.717, 1.165) is 22.2 Å². The van der Waals surface area contributed by atoms with Gasteiger partial charge in [0.1, 0.15) is 23.4 Å². The Balaban J connectivity index is 1.68. The number of benzene rings is 3. The van der Waals surface area contributed by atoms with Gasteiger partial charge in [0.2, 0.25) is 0 Å². The quantitative estimate of drug-likeness (QED) is 0.181. The third-order valence-electron chi connectivity index (χ3n) is 6.27.